The molecule has 0 bridgehead atoms. The minimum absolute atomic E-state index is 0.159. The van der Waals surface area contributed by atoms with Gasteiger partial charge in [-0.15, -0.1) is 0 Å². The fourth-order valence-corrected chi connectivity index (χ4v) is 3.62. The van der Waals surface area contributed by atoms with Crippen molar-refractivity contribution in [3.8, 4) is 0 Å². The van der Waals surface area contributed by atoms with Gasteiger partial charge in [0.15, 0.2) is 5.78 Å². The summed E-state index contributed by atoms with van der Waals surface area (Å²) in [7, 11) is 0. The van der Waals surface area contributed by atoms with E-state index in [1.54, 1.807) is 25.1 Å². The van der Waals surface area contributed by atoms with Gasteiger partial charge in [0.1, 0.15) is 11.4 Å². The van der Waals surface area contributed by atoms with E-state index in [0.717, 1.165) is 0 Å². The number of halogens is 2. The SMILES string of the molecule is CC12Cc3cc(F)ccc3C(=O)N1c1ccc(Cl)cc1C2=O. The Bertz CT molecular complexity index is 864. The van der Waals surface area contributed by atoms with Crippen LogP contribution in [0.3, 0.4) is 0 Å². The van der Waals surface area contributed by atoms with Crippen LogP contribution in [-0.4, -0.2) is 17.2 Å². The Balaban J connectivity index is 1.97. The monoisotopic (exact) mass is 315 g/mol. The van der Waals surface area contributed by atoms with Crippen molar-refractivity contribution < 1.29 is 14.0 Å². The Morgan fingerprint density at radius 1 is 1.14 bits per heavy atom. The van der Waals surface area contributed by atoms with E-state index in [4.69, 9.17) is 11.6 Å². The lowest BCUT2D eigenvalue weighted by Gasteiger charge is -2.39. The Labute approximate surface area is 131 Å². The van der Waals surface area contributed by atoms with Crippen LogP contribution in [0.15, 0.2) is 36.4 Å². The number of Topliss-reactive ketones (excluding diaryl/α,β-unsaturated/α-hetero) is 1. The molecule has 0 fully saturated rings. The van der Waals surface area contributed by atoms with Gasteiger partial charge in [0.05, 0.1) is 5.69 Å². The first kappa shape index (κ1) is 13.5. The highest BCUT2D eigenvalue weighted by Crippen LogP contribution is 2.45. The van der Waals surface area contributed by atoms with Gasteiger partial charge in [0.2, 0.25) is 0 Å². The number of hydrogen-bond acceptors (Lipinski definition) is 2. The highest BCUT2D eigenvalue weighted by molar-refractivity contribution is 6.32. The molecule has 5 heteroatoms. The van der Waals surface area contributed by atoms with Gasteiger partial charge in [-0.3, -0.25) is 14.5 Å². The van der Waals surface area contributed by atoms with Crippen molar-refractivity contribution in [2.45, 2.75) is 18.9 Å². The maximum Gasteiger partial charge on any atom is 0.259 e. The molecule has 22 heavy (non-hydrogen) atoms. The van der Waals surface area contributed by atoms with E-state index < -0.39 is 11.4 Å². The molecule has 2 aromatic rings. The smallest absolute Gasteiger partial charge is 0.259 e. The Morgan fingerprint density at radius 3 is 2.68 bits per heavy atom. The zero-order valence-electron chi connectivity index (χ0n) is 11.7. The molecule has 0 saturated heterocycles. The number of carbonyl (C=O) groups is 2. The molecule has 1 unspecified atom stereocenters. The molecule has 0 spiro atoms. The van der Waals surface area contributed by atoms with Crippen LogP contribution in [-0.2, 0) is 6.42 Å². The third-order valence-corrected chi connectivity index (χ3v) is 4.70. The van der Waals surface area contributed by atoms with E-state index in [2.05, 4.69) is 0 Å². The standard InChI is InChI=1S/C17H11ClFNO2/c1-17-8-9-6-11(19)3-4-12(9)16(22)20(17)14-5-2-10(18)7-13(14)15(17)21/h2-7H,8H2,1H3. The zero-order valence-corrected chi connectivity index (χ0v) is 12.4. The van der Waals surface area contributed by atoms with Crippen LogP contribution in [0.4, 0.5) is 10.1 Å². The topological polar surface area (TPSA) is 37.4 Å². The summed E-state index contributed by atoms with van der Waals surface area (Å²) >= 11 is 5.97. The Kier molecular flexibility index (Phi) is 2.55. The molecule has 2 aliphatic rings. The second-order valence-electron chi connectivity index (χ2n) is 5.88. The van der Waals surface area contributed by atoms with E-state index in [-0.39, 0.29) is 18.1 Å². The first-order valence-electron chi connectivity index (χ1n) is 6.89. The Morgan fingerprint density at radius 2 is 1.91 bits per heavy atom. The van der Waals surface area contributed by atoms with Gasteiger partial charge in [-0.05, 0) is 48.9 Å². The molecule has 2 aliphatic heterocycles. The molecular formula is C17H11ClFNO2. The molecule has 110 valence electrons. The summed E-state index contributed by atoms with van der Waals surface area (Å²) in [6.07, 6.45) is 0.289. The van der Waals surface area contributed by atoms with E-state index in [1.165, 1.54) is 23.1 Å². The molecule has 3 nitrogen and oxygen atoms in total. The van der Waals surface area contributed by atoms with Crippen molar-refractivity contribution in [2.75, 3.05) is 4.90 Å². The first-order chi connectivity index (χ1) is 10.4. The number of fused-ring (bicyclic) bond motifs is 4. The normalized spacial score (nSPS) is 22.4. The summed E-state index contributed by atoms with van der Waals surface area (Å²) in [6.45, 7) is 1.72. The average Bonchev–Trinajstić information content (AvgIpc) is 2.67. The number of ketones is 1. The molecular weight excluding hydrogens is 305 g/mol. The van der Waals surface area contributed by atoms with Crippen molar-refractivity contribution in [1.29, 1.82) is 0 Å². The minimum atomic E-state index is -1.02. The molecule has 0 aromatic heterocycles. The quantitative estimate of drug-likeness (QED) is 0.744. The predicted octanol–water partition coefficient (Wildman–Crippen LogP) is 3.64. The highest BCUT2D eigenvalue weighted by atomic mass is 35.5. The van der Waals surface area contributed by atoms with Gasteiger partial charge in [0.25, 0.3) is 5.91 Å². The van der Waals surface area contributed by atoms with E-state index in [0.29, 0.717) is 27.4 Å². The van der Waals surface area contributed by atoms with Crippen LogP contribution < -0.4 is 4.90 Å². The third-order valence-electron chi connectivity index (χ3n) is 4.46. The van der Waals surface area contributed by atoms with Gasteiger partial charge in [-0.2, -0.15) is 0 Å². The summed E-state index contributed by atoms with van der Waals surface area (Å²) in [5, 5.41) is 0.451. The Hall–Kier alpha value is -2.20. The summed E-state index contributed by atoms with van der Waals surface area (Å²) in [5.41, 5.74) is 0.990. The molecule has 0 radical (unpaired) electrons. The van der Waals surface area contributed by atoms with Crippen LogP contribution in [0.5, 0.6) is 0 Å². The van der Waals surface area contributed by atoms with Gasteiger partial charge in [-0.25, -0.2) is 4.39 Å². The maximum absolute atomic E-state index is 13.5. The van der Waals surface area contributed by atoms with Crippen LogP contribution in [0.2, 0.25) is 5.02 Å². The van der Waals surface area contributed by atoms with E-state index in [1.807, 2.05) is 0 Å². The molecule has 0 N–H and O–H groups in total. The van der Waals surface area contributed by atoms with Gasteiger partial charge >= 0.3 is 0 Å². The van der Waals surface area contributed by atoms with Gasteiger partial charge in [0, 0.05) is 22.6 Å². The largest absolute Gasteiger partial charge is 0.294 e. The second kappa shape index (κ2) is 4.17. The van der Waals surface area contributed by atoms with Crippen molar-refractivity contribution in [3.63, 3.8) is 0 Å². The van der Waals surface area contributed by atoms with E-state index in [9.17, 15) is 14.0 Å². The minimum Gasteiger partial charge on any atom is -0.294 e. The summed E-state index contributed by atoms with van der Waals surface area (Å²) in [4.78, 5) is 27.1. The van der Waals surface area contributed by atoms with Crippen molar-refractivity contribution in [1.82, 2.24) is 0 Å². The van der Waals surface area contributed by atoms with Crippen molar-refractivity contribution >= 4 is 29.0 Å². The van der Waals surface area contributed by atoms with Crippen LogP contribution >= 0.6 is 11.6 Å². The lowest BCUT2D eigenvalue weighted by Crippen LogP contribution is -2.55. The molecule has 4 rings (SSSR count). The maximum atomic E-state index is 13.5. The van der Waals surface area contributed by atoms with Crippen LogP contribution in [0.25, 0.3) is 0 Å². The van der Waals surface area contributed by atoms with Crippen molar-refractivity contribution in [2.24, 2.45) is 0 Å². The number of benzene rings is 2. The molecule has 1 amide bonds. The lowest BCUT2D eigenvalue weighted by atomic mass is 9.82. The predicted molar refractivity (Wildman–Crippen MR) is 81.1 cm³/mol. The van der Waals surface area contributed by atoms with E-state index >= 15 is 0 Å². The fourth-order valence-electron chi connectivity index (χ4n) is 3.44. The summed E-state index contributed by atoms with van der Waals surface area (Å²) in [5.74, 6) is -0.846. The molecule has 2 aromatic carbocycles. The summed E-state index contributed by atoms with van der Waals surface area (Å²) < 4.78 is 13.5. The molecule has 2 heterocycles. The number of carbonyl (C=O) groups excluding carboxylic acids is 2. The fraction of sp³-hybridized carbons (Fsp3) is 0.176. The van der Waals surface area contributed by atoms with Gasteiger partial charge < -0.3 is 0 Å². The number of rotatable bonds is 0. The number of anilines is 1. The van der Waals surface area contributed by atoms with Crippen LogP contribution in [0, 0.1) is 5.82 Å². The molecule has 0 aliphatic carbocycles. The van der Waals surface area contributed by atoms with Crippen LogP contribution in [0.1, 0.15) is 33.2 Å². The second-order valence-corrected chi connectivity index (χ2v) is 6.32. The first-order valence-corrected chi connectivity index (χ1v) is 7.27. The summed E-state index contributed by atoms with van der Waals surface area (Å²) in [6, 6.07) is 9.01. The van der Waals surface area contributed by atoms with Crippen molar-refractivity contribution in [3.05, 3.63) is 63.9 Å². The number of nitrogens with zero attached hydrogens (tertiary/aromatic N) is 1. The molecule has 1 atom stereocenters. The average molecular weight is 316 g/mol. The number of hydrogen-bond donors (Lipinski definition) is 0. The zero-order chi connectivity index (χ0) is 15.6. The van der Waals surface area contributed by atoms with Gasteiger partial charge in [-0.1, -0.05) is 11.6 Å². The third kappa shape index (κ3) is 1.56. The molecule has 0 saturated carbocycles. The lowest BCUT2D eigenvalue weighted by molar-refractivity contribution is 0.0842. The number of amides is 1. The highest BCUT2D eigenvalue weighted by Gasteiger charge is 2.53.